The molecule has 10 heavy (non-hydrogen) atoms. The van der Waals surface area contributed by atoms with E-state index in [0.717, 1.165) is 12.5 Å². The number of piperidine rings is 1. The van der Waals surface area contributed by atoms with Gasteiger partial charge in [-0.2, -0.15) is 7.05 Å². The van der Waals surface area contributed by atoms with Gasteiger partial charge in [0, 0.05) is 0 Å². The molecule has 0 spiro atoms. The average molecular weight is 142 g/mol. The molecule has 0 unspecified atom stereocenters. The average Bonchev–Trinajstić information content (AvgIpc) is 1.95. The summed E-state index contributed by atoms with van der Waals surface area (Å²) in [5.41, 5.74) is 5.47. The second kappa shape index (κ2) is 3.94. The molecule has 0 bridgehead atoms. The minimum absolute atomic E-state index is 0.858. The Kier molecular flexibility index (Phi) is 3.16. The van der Waals surface area contributed by atoms with Crippen LogP contribution in [0.4, 0.5) is 0 Å². The third kappa shape index (κ3) is 2.27. The van der Waals surface area contributed by atoms with E-state index in [-0.39, 0.29) is 0 Å². The highest BCUT2D eigenvalue weighted by Gasteiger charge is 2.15. The zero-order valence-corrected chi connectivity index (χ0v) is 6.60. The second-order valence-electron chi connectivity index (χ2n) is 3.27. The van der Waals surface area contributed by atoms with Crippen molar-refractivity contribution >= 4 is 0 Å². The van der Waals surface area contributed by atoms with Crippen molar-refractivity contribution in [1.29, 1.82) is 0 Å². The van der Waals surface area contributed by atoms with Gasteiger partial charge < -0.3 is 10.6 Å². The van der Waals surface area contributed by atoms with E-state index in [1.54, 1.807) is 0 Å². The maximum Gasteiger partial charge on any atom is 0.0533 e. The smallest absolute Gasteiger partial charge is 0.0533 e. The van der Waals surface area contributed by atoms with Gasteiger partial charge in [0.1, 0.15) is 0 Å². The molecule has 0 radical (unpaired) electrons. The fraction of sp³-hybridized carbons (Fsp3) is 0.875. The van der Waals surface area contributed by atoms with Gasteiger partial charge in [-0.05, 0) is 31.7 Å². The quantitative estimate of drug-likeness (QED) is 0.497. The zero-order valence-electron chi connectivity index (χ0n) is 6.60. The zero-order chi connectivity index (χ0) is 7.40. The first-order chi connectivity index (χ1) is 4.83. The molecular formula is C8H18N2. The van der Waals surface area contributed by atoms with Gasteiger partial charge >= 0.3 is 0 Å². The highest BCUT2D eigenvalue weighted by molar-refractivity contribution is 4.62. The first-order valence-corrected chi connectivity index (χ1v) is 4.19. The predicted octanol–water partition coefficient (Wildman–Crippen LogP) is -0.578. The Labute approximate surface area is 63.4 Å². The molecule has 2 nitrogen and oxygen atoms in total. The lowest BCUT2D eigenvalue weighted by Crippen LogP contribution is -3.08. The molecule has 1 rings (SSSR count). The summed E-state index contributed by atoms with van der Waals surface area (Å²) in [7, 11) is 3.98. The van der Waals surface area contributed by atoms with E-state index in [9.17, 15) is 0 Å². The maximum absolute atomic E-state index is 5.47. The van der Waals surface area contributed by atoms with E-state index >= 15 is 0 Å². The van der Waals surface area contributed by atoms with E-state index in [0.29, 0.717) is 0 Å². The minimum atomic E-state index is 0.858. The van der Waals surface area contributed by atoms with E-state index in [2.05, 4.69) is 7.05 Å². The molecule has 0 aromatic heterocycles. The van der Waals surface area contributed by atoms with Crippen molar-refractivity contribution in [2.75, 3.05) is 19.6 Å². The van der Waals surface area contributed by atoms with Crippen molar-refractivity contribution < 1.29 is 4.90 Å². The Hall–Kier alpha value is -0.0800. The van der Waals surface area contributed by atoms with Gasteiger partial charge in [0.2, 0.25) is 0 Å². The van der Waals surface area contributed by atoms with Crippen molar-refractivity contribution in [1.82, 2.24) is 0 Å². The highest BCUT2D eigenvalue weighted by Crippen LogP contribution is 2.12. The number of likely N-dealkylation sites (tertiary alicyclic amines) is 1. The lowest BCUT2D eigenvalue weighted by atomic mass is 9.94. The summed E-state index contributed by atoms with van der Waals surface area (Å²) in [6, 6.07) is 0. The molecule has 1 aliphatic rings. The first kappa shape index (κ1) is 8.02. The number of quaternary nitrogens is 1. The molecule has 1 heterocycles. The molecule has 1 aliphatic heterocycles. The fourth-order valence-electron chi connectivity index (χ4n) is 1.61. The van der Waals surface area contributed by atoms with Gasteiger partial charge in [0.05, 0.1) is 13.1 Å². The van der Waals surface area contributed by atoms with Gasteiger partial charge in [-0.25, -0.2) is 0 Å². The van der Waals surface area contributed by atoms with Crippen LogP contribution >= 0.6 is 0 Å². The molecule has 1 saturated heterocycles. The van der Waals surface area contributed by atoms with Crippen LogP contribution in [0.15, 0.2) is 0 Å². The lowest BCUT2D eigenvalue weighted by molar-refractivity contribution is -0.860. The van der Waals surface area contributed by atoms with Gasteiger partial charge in [0.25, 0.3) is 0 Å². The second-order valence-corrected chi connectivity index (χ2v) is 3.27. The topological polar surface area (TPSA) is 30.5 Å². The molecular weight excluding hydrogens is 124 g/mol. The monoisotopic (exact) mass is 142 g/mol. The third-order valence-electron chi connectivity index (χ3n) is 2.39. The van der Waals surface area contributed by atoms with Crippen LogP contribution in [0.3, 0.4) is 0 Å². The largest absolute Gasteiger partial charge is 0.468 e. The van der Waals surface area contributed by atoms with Crippen molar-refractivity contribution in [3.8, 4) is 0 Å². The van der Waals surface area contributed by atoms with Crippen molar-refractivity contribution in [2.45, 2.75) is 19.3 Å². The van der Waals surface area contributed by atoms with Crippen LogP contribution < -0.4 is 10.6 Å². The highest BCUT2D eigenvalue weighted by atomic mass is 15.1. The van der Waals surface area contributed by atoms with Crippen LogP contribution in [-0.4, -0.2) is 19.6 Å². The predicted molar refractivity (Wildman–Crippen MR) is 42.4 cm³/mol. The lowest BCUT2D eigenvalue weighted by Gasteiger charge is -2.30. The summed E-state index contributed by atoms with van der Waals surface area (Å²) >= 11 is 0. The third-order valence-corrected chi connectivity index (χ3v) is 2.39. The summed E-state index contributed by atoms with van der Waals surface area (Å²) < 4.78 is 0. The van der Waals surface area contributed by atoms with Crippen LogP contribution in [0.5, 0.6) is 0 Å². The molecule has 0 saturated carbocycles. The van der Waals surface area contributed by atoms with Crippen LogP contribution in [0.25, 0.3) is 0 Å². The summed E-state index contributed by atoms with van der Waals surface area (Å²) in [4.78, 5) is 1.44. The Balaban J connectivity index is 2.13. The molecule has 1 fully saturated rings. The molecule has 0 aromatic carbocycles. The Morgan fingerprint density at radius 1 is 1.40 bits per heavy atom. The Morgan fingerprint density at radius 2 is 2.00 bits per heavy atom. The maximum atomic E-state index is 5.47. The summed E-state index contributed by atoms with van der Waals surface area (Å²) in [5, 5.41) is 0. The normalized spacial score (nSPS) is 34.2. The van der Waals surface area contributed by atoms with E-state index in [1.165, 1.54) is 37.3 Å². The van der Waals surface area contributed by atoms with Gasteiger partial charge in [-0.15, -0.1) is 0 Å². The van der Waals surface area contributed by atoms with Crippen molar-refractivity contribution in [3.05, 3.63) is 7.05 Å². The van der Waals surface area contributed by atoms with Crippen LogP contribution in [0, 0.1) is 13.0 Å². The Morgan fingerprint density at radius 3 is 2.50 bits per heavy atom. The molecule has 3 N–H and O–H groups in total. The summed E-state index contributed by atoms with van der Waals surface area (Å²) in [5.74, 6) is 0.899. The number of nitrogens with one attached hydrogen (secondary N) is 1. The van der Waals surface area contributed by atoms with E-state index < -0.39 is 0 Å². The number of hydrogen-bond acceptors (Lipinski definition) is 1. The number of nitrogens with two attached hydrogens (primary N) is 1. The van der Waals surface area contributed by atoms with Crippen molar-refractivity contribution in [3.63, 3.8) is 0 Å². The summed E-state index contributed by atoms with van der Waals surface area (Å²) in [6.45, 7) is 3.34. The molecule has 0 amide bonds. The SMILES string of the molecule is [CH2-][NH+]1CCC(CCN)CC1. The number of rotatable bonds is 2. The minimum Gasteiger partial charge on any atom is -0.468 e. The number of hydrogen-bond donors (Lipinski definition) is 2. The fourth-order valence-corrected chi connectivity index (χ4v) is 1.61. The molecule has 2 heteroatoms. The van der Waals surface area contributed by atoms with Crippen LogP contribution in [-0.2, 0) is 0 Å². The van der Waals surface area contributed by atoms with E-state index in [4.69, 9.17) is 5.73 Å². The van der Waals surface area contributed by atoms with E-state index in [1.807, 2.05) is 0 Å². The van der Waals surface area contributed by atoms with Crippen LogP contribution in [0.2, 0.25) is 0 Å². The van der Waals surface area contributed by atoms with Crippen LogP contribution in [0.1, 0.15) is 19.3 Å². The molecule has 0 atom stereocenters. The molecule has 0 aliphatic carbocycles. The standard InChI is InChI=1S/C8H18N2/c1-10-6-3-8(2-5-9)4-7-10/h8,10H,1-7,9H2. The summed E-state index contributed by atoms with van der Waals surface area (Å²) in [6.07, 6.45) is 3.87. The Bertz CT molecular complexity index is 85.3. The van der Waals surface area contributed by atoms with Gasteiger partial charge in [-0.1, -0.05) is 0 Å². The molecule has 60 valence electrons. The van der Waals surface area contributed by atoms with Gasteiger partial charge in [0.15, 0.2) is 0 Å². The van der Waals surface area contributed by atoms with Crippen molar-refractivity contribution in [2.24, 2.45) is 11.7 Å². The van der Waals surface area contributed by atoms with Gasteiger partial charge in [-0.3, -0.25) is 0 Å². The first-order valence-electron chi connectivity index (χ1n) is 4.19. The molecule has 0 aromatic rings.